The van der Waals surface area contributed by atoms with Crippen LogP contribution in [0.1, 0.15) is 12.0 Å². The summed E-state index contributed by atoms with van der Waals surface area (Å²) in [6.07, 6.45) is 1.40. The van der Waals surface area contributed by atoms with Crippen molar-refractivity contribution in [3.63, 3.8) is 0 Å². The number of ether oxygens (including phenoxy) is 1. The lowest BCUT2D eigenvalue weighted by Crippen LogP contribution is -2.20. The predicted molar refractivity (Wildman–Crippen MR) is 78.2 cm³/mol. The first-order valence-corrected chi connectivity index (χ1v) is 7.64. The van der Waals surface area contributed by atoms with Gasteiger partial charge in [0.05, 0.1) is 6.61 Å². The Balaban J connectivity index is 1.71. The van der Waals surface area contributed by atoms with Crippen molar-refractivity contribution in [3.8, 4) is 0 Å². The summed E-state index contributed by atoms with van der Waals surface area (Å²) in [4.78, 5) is 23.3. The minimum atomic E-state index is -0.268. The van der Waals surface area contributed by atoms with Gasteiger partial charge >= 0.3 is 11.7 Å². The largest absolute Gasteiger partial charge is 0.465 e. The molecule has 2 heterocycles. The zero-order valence-electron chi connectivity index (χ0n) is 11.3. The van der Waals surface area contributed by atoms with Crippen LogP contribution in [-0.4, -0.2) is 32.6 Å². The second kappa shape index (κ2) is 6.17. The number of rotatable bonds is 5. The quantitative estimate of drug-likeness (QED) is 0.841. The average Bonchev–Trinajstić information content (AvgIpc) is 3.06. The second-order valence-electron chi connectivity index (χ2n) is 4.76. The van der Waals surface area contributed by atoms with Gasteiger partial charge in [-0.05, 0) is 12.0 Å². The molecule has 1 fully saturated rings. The van der Waals surface area contributed by atoms with Crippen LogP contribution in [0.15, 0.2) is 40.3 Å². The lowest BCUT2D eigenvalue weighted by molar-refractivity contribution is -0.137. The molecule has 3 rings (SSSR count). The van der Waals surface area contributed by atoms with Gasteiger partial charge in [-0.1, -0.05) is 42.1 Å². The average molecular weight is 305 g/mol. The predicted octanol–water partition coefficient (Wildman–Crippen LogP) is 1.22. The van der Waals surface area contributed by atoms with E-state index in [-0.39, 0.29) is 16.9 Å². The zero-order chi connectivity index (χ0) is 14.7. The van der Waals surface area contributed by atoms with Gasteiger partial charge in [0.2, 0.25) is 0 Å². The number of thioether (sulfide) groups is 1. The van der Waals surface area contributed by atoms with Crippen molar-refractivity contribution in [2.75, 3.05) is 6.61 Å². The molecule has 0 radical (unpaired) electrons. The highest BCUT2D eigenvalue weighted by Gasteiger charge is 2.29. The molecule has 0 spiro atoms. The van der Waals surface area contributed by atoms with Gasteiger partial charge < -0.3 is 4.74 Å². The van der Waals surface area contributed by atoms with Gasteiger partial charge in [-0.15, -0.1) is 5.10 Å². The summed E-state index contributed by atoms with van der Waals surface area (Å²) in [5.74, 6) is -0.231. The van der Waals surface area contributed by atoms with Crippen LogP contribution < -0.4 is 5.69 Å². The molecule has 6 nitrogen and oxygen atoms in total. The van der Waals surface area contributed by atoms with Crippen LogP contribution in [-0.2, 0) is 22.5 Å². The number of hydrogen-bond acceptors (Lipinski definition) is 5. The molecule has 1 aromatic heterocycles. The standard InChI is InChI=1S/C14H15N3O3S/c18-12-11(7-9-20-12)21-14-16-15-13(19)17(14)8-6-10-4-2-1-3-5-10/h1-5,11H,6-9H2,(H,15,19)/t11-/m0/s1. The number of esters is 1. The molecule has 1 N–H and O–H groups in total. The van der Waals surface area contributed by atoms with Crippen molar-refractivity contribution in [1.29, 1.82) is 0 Å². The molecule has 2 aromatic rings. The fourth-order valence-electron chi connectivity index (χ4n) is 2.19. The van der Waals surface area contributed by atoms with E-state index in [9.17, 15) is 9.59 Å². The van der Waals surface area contributed by atoms with Crippen molar-refractivity contribution in [2.45, 2.75) is 29.8 Å². The van der Waals surface area contributed by atoms with Gasteiger partial charge in [-0.25, -0.2) is 9.89 Å². The van der Waals surface area contributed by atoms with Crippen molar-refractivity contribution in [3.05, 3.63) is 46.4 Å². The van der Waals surface area contributed by atoms with E-state index in [0.717, 1.165) is 12.0 Å². The molecule has 110 valence electrons. The van der Waals surface area contributed by atoms with E-state index in [1.807, 2.05) is 30.3 Å². The normalized spacial score (nSPS) is 17.9. The molecule has 7 heteroatoms. The highest BCUT2D eigenvalue weighted by molar-refractivity contribution is 8.00. The van der Waals surface area contributed by atoms with Crippen LogP contribution in [0.25, 0.3) is 0 Å². The molecule has 0 bridgehead atoms. The van der Waals surface area contributed by atoms with E-state index in [1.165, 1.54) is 11.8 Å². The third kappa shape index (κ3) is 3.18. The molecule has 0 unspecified atom stereocenters. The maximum atomic E-state index is 11.8. The molecule has 1 aromatic carbocycles. The minimum absolute atomic E-state index is 0.231. The Morgan fingerprint density at radius 3 is 2.86 bits per heavy atom. The van der Waals surface area contributed by atoms with Crippen LogP contribution in [0.4, 0.5) is 0 Å². The summed E-state index contributed by atoms with van der Waals surface area (Å²) < 4.78 is 6.50. The number of hydrogen-bond donors (Lipinski definition) is 1. The van der Waals surface area contributed by atoms with Crippen LogP contribution >= 0.6 is 11.8 Å². The summed E-state index contributed by atoms with van der Waals surface area (Å²) >= 11 is 1.29. The van der Waals surface area contributed by atoms with E-state index in [2.05, 4.69) is 10.2 Å². The minimum Gasteiger partial charge on any atom is -0.465 e. The van der Waals surface area contributed by atoms with Crippen molar-refractivity contribution < 1.29 is 9.53 Å². The Hall–Kier alpha value is -2.02. The van der Waals surface area contributed by atoms with Crippen LogP contribution in [0, 0.1) is 0 Å². The van der Waals surface area contributed by atoms with E-state index < -0.39 is 0 Å². The van der Waals surface area contributed by atoms with Gasteiger partial charge in [0.15, 0.2) is 5.16 Å². The maximum Gasteiger partial charge on any atom is 0.343 e. The summed E-state index contributed by atoms with van der Waals surface area (Å²) in [6, 6.07) is 9.94. The number of benzene rings is 1. The smallest absolute Gasteiger partial charge is 0.343 e. The lowest BCUT2D eigenvalue weighted by Gasteiger charge is -2.07. The van der Waals surface area contributed by atoms with Gasteiger partial charge in [-0.3, -0.25) is 9.36 Å². The molecular formula is C14H15N3O3S. The van der Waals surface area contributed by atoms with Crippen molar-refractivity contribution >= 4 is 17.7 Å². The van der Waals surface area contributed by atoms with Gasteiger partial charge in [0.25, 0.3) is 0 Å². The third-order valence-corrected chi connectivity index (χ3v) is 4.56. The van der Waals surface area contributed by atoms with Gasteiger partial charge in [0, 0.05) is 13.0 Å². The summed E-state index contributed by atoms with van der Waals surface area (Å²) in [7, 11) is 0. The van der Waals surface area contributed by atoms with Crippen molar-refractivity contribution in [1.82, 2.24) is 14.8 Å². The van der Waals surface area contributed by atoms with Crippen LogP contribution in [0.5, 0.6) is 0 Å². The first kappa shape index (κ1) is 13.9. The summed E-state index contributed by atoms with van der Waals surface area (Å²) in [5.41, 5.74) is 0.904. The van der Waals surface area contributed by atoms with Gasteiger partial charge in [0.1, 0.15) is 5.25 Å². The lowest BCUT2D eigenvalue weighted by atomic mass is 10.1. The van der Waals surface area contributed by atoms with Gasteiger partial charge in [-0.2, -0.15) is 0 Å². The van der Waals surface area contributed by atoms with E-state index >= 15 is 0 Å². The monoisotopic (exact) mass is 305 g/mol. The first-order valence-electron chi connectivity index (χ1n) is 6.76. The van der Waals surface area contributed by atoms with E-state index in [4.69, 9.17) is 4.74 Å². The molecule has 1 aliphatic heterocycles. The Morgan fingerprint density at radius 1 is 1.33 bits per heavy atom. The summed E-state index contributed by atoms with van der Waals surface area (Å²) in [6.45, 7) is 0.971. The number of nitrogens with one attached hydrogen (secondary N) is 1. The maximum absolute atomic E-state index is 11.8. The highest BCUT2D eigenvalue weighted by atomic mass is 32.2. The molecule has 0 saturated carbocycles. The first-order chi connectivity index (χ1) is 10.2. The second-order valence-corrected chi connectivity index (χ2v) is 5.93. The third-order valence-electron chi connectivity index (χ3n) is 3.33. The number of aryl methyl sites for hydroxylation is 1. The molecule has 1 aliphatic rings. The zero-order valence-corrected chi connectivity index (χ0v) is 12.1. The number of carbonyl (C=O) groups is 1. The Labute approximate surface area is 125 Å². The SMILES string of the molecule is O=C1OCC[C@@H]1Sc1n[nH]c(=O)n1CCc1ccccc1. The Bertz CT molecular complexity index is 680. The number of nitrogens with zero attached hydrogens (tertiary/aromatic N) is 2. The Morgan fingerprint density at radius 2 is 2.14 bits per heavy atom. The molecule has 0 aliphatic carbocycles. The topological polar surface area (TPSA) is 77.0 Å². The number of aromatic amines is 1. The Kier molecular flexibility index (Phi) is 4.10. The highest BCUT2D eigenvalue weighted by Crippen LogP contribution is 2.27. The van der Waals surface area contributed by atoms with Crippen LogP contribution in [0.3, 0.4) is 0 Å². The fraction of sp³-hybridized carbons (Fsp3) is 0.357. The number of aromatic nitrogens is 3. The molecule has 1 atom stereocenters. The molecule has 0 amide bonds. The molecule has 21 heavy (non-hydrogen) atoms. The van der Waals surface area contributed by atoms with E-state index in [0.29, 0.717) is 24.7 Å². The summed E-state index contributed by atoms with van der Waals surface area (Å²) in [5, 5.41) is 6.73. The number of cyclic esters (lactones) is 1. The van der Waals surface area contributed by atoms with E-state index in [1.54, 1.807) is 4.57 Å². The van der Waals surface area contributed by atoms with Crippen molar-refractivity contribution in [2.24, 2.45) is 0 Å². The number of H-pyrrole nitrogens is 1. The number of carbonyl (C=O) groups excluding carboxylic acids is 1. The van der Waals surface area contributed by atoms with Crippen LogP contribution in [0.2, 0.25) is 0 Å². The molecule has 1 saturated heterocycles. The fourth-order valence-corrected chi connectivity index (χ4v) is 3.22. The molecular weight excluding hydrogens is 290 g/mol.